The second-order valence-corrected chi connectivity index (χ2v) is 6.78. The van der Waals surface area contributed by atoms with Crippen molar-refractivity contribution in [1.82, 2.24) is 9.62 Å². The maximum Gasteiger partial charge on any atom is 0.253 e. The first-order chi connectivity index (χ1) is 9.38. The van der Waals surface area contributed by atoms with Crippen LogP contribution in [0.3, 0.4) is 0 Å². The van der Waals surface area contributed by atoms with Crippen LogP contribution in [0.5, 0.6) is 0 Å². The molecule has 1 aromatic rings. The van der Waals surface area contributed by atoms with Crippen LogP contribution in [-0.2, 0) is 10.0 Å². The lowest BCUT2D eigenvalue weighted by Gasteiger charge is -2.15. The number of para-hydroxylation sites is 1. The third-order valence-electron chi connectivity index (χ3n) is 2.98. The summed E-state index contributed by atoms with van der Waals surface area (Å²) in [6, 6.07) is 6.82. The molecule has 0 spiro atoms. The Morgan fingerprint density at radius 3 is 2.52 bits per heavy atom. The van der Waals surface area contributed by atoms with Gasteiger partial charge in [-0.25, -0.2) is 12.7 Å². The second kappa shape index (κ2) is 8.86. The van der Waals surface area contributed by atoms with Crippen LogP contribution in [0.1, 0.15) is 23.7 Å². The van der Waals surface area contributed by atoms with Crippen molar-refractivity contribution in [1.29, 1.82) is 0 Å². The first-order valence-electron chi connectivity index (χ1n) is 6.45. The molecule has 0 bridgehead atoms. The number of anilines is 1. The molecule has 0 heterocycles. The lowest BCUT2D eigenvalue weighted by atomic mass is 10.1. The van der Waals surface area contributed by atoms with E-state index in [9.17, 15) is 13.2 Å². The quantitative estimate of drug-likeness (QED) is 0.576. The van der Waals surface area contributed by atoms with E-state index in [-0.39, 0.29) is 24.1 Å². The van der Waals surface area contributed by atoms with E-state index >= 15 is 0 Å². The van der Waals surface area contributed by atoms with E-state index in [2.05, 4.69) is 5.32 Å². The van der Waals surface area contributed by atoms with E-state index in [0.29, 0.717) is 30.8 Å². The van der Waals surface area contributed by atoms with Crippen molar-refractivity contribution in [2.45, 2.75) is 13.3 Å². The molecule has 120 valence electrons. The van der Waals surface area contributed by atoms with Gasteiger partial charge in [0.15, 0.2) is 0 Å². The summed E-state index contributed by atoms with van der Waals surface area (Å²) >= 11 is 0. The Labute approximate surface area is 132 Å². The van der Waals surface area contributed by atoms with Crippen LogP contribution in [0.15, 0.2) is 24.3 Å². The summed E-state index contributed by atoms with van der Waals surface area (Å²) < 4.78 is 24.3. The fourth-order valence-electron chi connectivity index (χ4n) is 1.66. The van der Waals surface area contributed by atoms with Gasteiger partial charge in [0.25, 0.3) is 5.91 Å². The molecule has 1 rings (SSSR count). The summed E-state index contributed by atoms with van der Waals surface area (Å²) in [5.41, 5.74) is 6.56. The number of carbonyl (C=O) groups is 1. The molecule has 0 aromatic heterocycles. The molecular formula is C13H22ClN3O3S. The van der Waals surface area contributed by atoms with Crippen molar-refractivity contribution in [3.05, 3.63) is 29.8 Å². The zero-order chi connectivity index (χ0) is 15.2. The molecule has 0 atom stereocenters. The number of amides is 1. The van der Waals surface area contributed by atoms with Crippen molar-refractivity contribution in [3.8, 4) is 0 Å². The summed E-state index contributed by atoms with van der Waals surface area (Å²) in [5, 5.41) is 2.72. The number of sulfonamides is 1. The molecular weight excluding hydrogens is 314 g/mol. The van der Waals surface area contributed by atoms with E-state index in [1.54, 1.807) is 31.2 Å². The van der Waals surface area contributed by atoms with Crippen molar-refractivity contribution in [2.75, 3.05) is 31.6 Å². The molecule has 1 amide bonds. The third kappa shape index (κ3) is 5.91. The summed E-state index contributed by atoms with van der Waals surface area (Å²) in [7, 11) is -1.62. The molecule has 1 aromatic carbocycles. The Kier molecular flexibility index (Phi) is 8.31. The molecule has 0 aliphatic carbocycles. The number of hydrogen-bond acceptors (Lipinski definition) is 4. The Hall–Kier alpha value is -1.31. The highest BCUT2D eigenvalue weighted by molar-refractivity contribution is 7.89. The van der Waals surface area contributed by atoms with Crippen LogP contribution in [0.25, 0.3) is 0 Å². The van der Waals surface area contributed by atoms with Crippen molar-refractivity contribution < 1.29 is 13.2 Å². The molecule has 0 aliphatic heterocycles. The number of nitrogens with two attached hydrogens (primary N) is 1. The van der Waals surface area contributed by atoms with Gasteiger partial charge in [-0.05, 0) is 25.5 Å². The normalized spacial score (nSPS) is 11.0. The highest BCUT2D eigenvalue weighted by Crippen LogP contribution is 2.09. The minimum Gasteiger partial charge on any atom is -0.398 e. The molecule has 3 N–H and O–H groups in total. The Bertz CT molecular complexity index is 564. The highest BCUT2D eigenvalue weighted by Gasteiger charge is 2.14. The number of nitrogens with zero attached hydrogens (tertiary/aromatic N) is 1. The molecule has 21 heavy (non-hydrogen) atoms. The largest absolute Gasteiger partial charge is 0.398 e. The Morgan fingerprint density at radius 2 is 1.95 bits per heavy atom. The fourth-order valence-corrected chi connectivity index (χ4v) is 2.51. The molecule has 0 saturated heterocycles. The van der Waals surface area contributed by atoms with Crippen LogP contribution in [-0.4, -0.2) is 44.5 Å². The van der Waals surface area contributed by atoms with Gasteiger partial charge in [0.1, 0.15) is 0 Å². The summed E-state index contributed by atoms with van der Waals surface area (Å²) in [6.07, 6.45) is 0.550. The van der Waals surface area contributed by atoms with Gasteiger partial charge in [0, 0.05) is 25.8 Å². The van der Waals surface area contributed by atoms with Gasteiger partial charge in [-0.1, -0.05) is 12.1 Å². The van der Waals surface area contributed by atoms with E-state index in [1.165, 1.54) is 11.4 Å². The molecule has 8 heteroatoms. The Morgan fingerprint density at radius 1 is 1.33 bits per heavy atom. The molecule has 0 saturated carbocycles. The summed E-state index contributed by atoms with van der Waals surface area (Å²) in [6.45, 7) is 2.38. The van der Waals surface area contributed by atoms with Gasteiger partial charge >= 0.3 is 0 Å². The standard InChI is InChI=1S/C13H21N3O3S.ClH/c1-3-20(18,19)16(2)10-6-9-15-13(17)11-7-4-5-8-12(11)14;/h4-5,7-8H,3,6,9-10,14H2,1-2H3,(H,15,17);1H. The average molecular weight is 336 g/mol. The zero-order valence-corrected chi connectivity index (χ0v) is 13.8. The van der Waals surface area contributed by atoms with Gasteiger partial charge < -0.3 is 11.1 Å². The van der Waals surface area contributed by atoms with Crippen LogP contribution < -0.4 is 11.1 Å². The highest BCUT2D eigenvalue weighted by atomic mass is 35.5. The molecule has 0 fully saturated rings. The zero-order valence-electron chi connectivity index (χ0n) is 12.2. The van der Waals surface area contributed by atoms with Crippen LogP contribution in [0.4, 0.5) is 5.69 Å². The first kappa shape index (κ1) is 19.7. The SMILES string of the molecule is CCS(=O)(=O)N(C)CCCNC(=O)c1ccccc1N.Cl. The maximum absolute atomic E-state index is 11.8. The lowest BCUT2D eigenvalue weighted by molar-refractivity contribution is 0.0954. The molecule has 6 nitrogen and oxygen atoms in total. The van der Waals surface area contributed by atoms with E-state index in [4.69, 9.17) is 5.73 Å². The molecule has 0 unspecified atom stereocenters. The minimum atomic E-state index is -3.16. The van der Waals surface area contributed by atoms with Gasteiger partial charge in [0.05, 0.1) is 11.3 Å². The number of nitrogen functional groups attached to an aromatic ring is 1. The maximum atomic E-state index is 11.8. The fraction of sp³-hybridized carbons (Fsp3) is 0.462. The van der Waals surface area contributed by atoms with Gasteiger partial charge in [0.2, 0.25) is 10.0 Å². The van der Waals surface area contributed by atoms with Crippen LogP contribution >= 0.6 is 12.4 Å². The van der Waals surface area contributed by atoms with Gasteiger partial charge in [-0.2, -0.15) is 0 Å². The second-order valence-electron chi connectivity index (χ2n) is 4.42. The number of benzene rings is 1. The predicted octanol–water partition coefficient (Wildman–Crippen LogP) is 1.09. The summed E-state index contributed by atoms with van der Waals surface area (Å²) in [4.78, 5) is 11.8. The van der Waals surface area contributed by atoms with Crippen molar-refractivity contribution in [3.63, 3.8) is 0 Å². The van der Waals surface area contributed by atoms with Crippen LogP contribution in [0, 0.1) is 0 Å². The first-order valence-corrected chi connectivity index (χ1v) is 8.06. The van der Waals surface area contributed by atoms with Gasteiger partial charge in [-0.15, -0.1) is 12.4 Å². The Balaban J connectivity index is 0.00000400. The number of hydrogen-bond donors (Lipinski definition) is 2. The number of halogens is 1. The van der Waals surface area contributed by atoms with E-state index in [0.717, 1.165) is 0 Å². The van der Waals surface area contributed by atoms with E-state index in [1.807, 2.05) is 0 Å². The van der Waals surface area contributed by atoms with Crippen LogP contribution in [0.2, 0.25) is 0 Å². The number of rotatable bonds is 7. The summed E-state index contributed by atoms with van der Waals surface area (Å²) in [5.74, 6) is -0.166. The van der Waals surface area contributed by atoms with Gasteiger partial charge in [-0.3, -0.25) is 4.79 Å². The van der Waals surface area contributed by atoms with E-state index < -0.39 is 10.0 Å². The number of carbonyl (C=O) groups excluding carboxylic acids is 1. The number of nitrogens with one attached hydrogen (secondary N) is 1. The van der Waals surface area contributed by atoms with Crippen molar-refractivity contribution in [2.24, 2.45) is 0 Å². The molecule has 0 radical (unpaired) electrons. The monoisotopic (exact) mass is 335 g/mol. The smallest absolute Gasteiger partial charge is 0.253 e. The predicted molar refractivity (Wildman–Crippen MR) is 87.1 cm³/mol. The lowest BCUT2D eigenvalue weighted by Crippen LogP contribution is -2.32. The van der Waals surface area contributed by atoms with Crippen molar-refractivity contribution >= 4 is 34.0 Å². The topological polar surface area (TPSA) is 92.5 Å². The third-order valence-corrected chi connectivity index (χ3v) is 4.84. The average Bonchev–Trinajstić information content (AvgIpc) is 2.43. The molecule has 0 aliphatic rings. The minimum absolute atomic E-state index is 0.